The second-order valence-corrected chi connectivity index (χ2v) is 6.29. The highest BCUT2D eigenvalue weighted by Gasteiger charge is 2.11. The zero-order valence-corrected chi connectivity index (χ0v) is 15.0. The van der Waals surface area contributed by atoms with Crippen molar-refractivity contribution in [3.63, 3.8) is 0 Å². The SMILES string of the molecule is Cc1cc(NC(=O)N([O-])c2ccc(-c3cccc4[nH]nc(N)c34)cc2)ccn1. The monoisotopic (exact) mass is 373 g/mol. The van der Waals surface area contributed by atoms with Crippen LogP contribution in [0.4, 0.5) is 22.0 Å². The molecule has 4 aromatic rings. The van der Waals surface area contributed by atoms with E-state index in [1.807, 2.05) is 18.2 Å². The molecule has 28 heavy (non-hydrogen) atoms. The van der Waals surface area contributed by atoms with E-state index < -0.39 is 6.03 Å². The number of amides is 2. The lowest BCUT2D eigenvalue weighted by Crippen LogP contribution is -2.29. The molecule has 0 radical (unpaired) electrons. The number of benzene rings is 2. The number of nitrogens with two attached hydrogens (primary N) is 1. The molecule has 0 saturated carbocycles. The number of hydrogen-bond donors (Lipinski definition) is 3. The molecule has 0 atom stereocenters. The van der Waals surface area contributed by atoms with E-state index in [9.17, 15) is 10.0 Å². The Hall–Kier alpha value is -3.91. The van der Waals surface area contributed by atoms with E-state index in [-0.39, 0.29) is 5.69 Å². The van der Waals surface area contributed by atoms with Gasteiger partial charge in [-0.3, -0.25) is 10.1 Å². The zero-order valence-electron chi connectivity index (χ0n) is 15.0. The molecular weight excluding hydrogens is 356 g/mol. The molecule has 2 amide bonds. The van der Waals surface area contributed by atoms with E-state index in [0.717, 1.165) is 27.7 Å². The molecule has 0 aliphatic carbocycles. The fraction of sp³-hybridized carbons (Fsp3) is 0.0500. The molecule has 8 heteroatoms. The van der Waals surface area contributed by atoms with Crippen LogP contribution in [0.2, 0.25) is 0 Å². The highest BCUT2D eigenvalue weighted by atomic mass is 16.5. The summed E-state index contributed by atoms with van der Waals surface area (Å²) in [7, 11) is 0. The number of aromatic nitrogens is 3. The van der Waals surface area contributed by atoms with Crippen LogP contribution in [0, 0.1) is 12.1 Å². The first-order valence-electron chi connectivity index (χ1n) is 8.57. The Kier molecular flexibility index (Phi) is 4.38. The van der Waals surface area contributed by atoms with Crippen LogP contribution in [0.5, 0.6) is 0 Å². The Labute approximate surface area is 160 Å². The topological polar surface area (TPSA) is 123 Å². The Morgan fingerprint density at radius 1 is 1.18 bits per heavy atom. The van der Waals surface area contributed by atoms with E-state index in [1.54, 1.807) is 49.5 Å². The van der Waals surface area contributed by atoms with Gasteiger partial charge in [0, 0.05) is 23.3 Å². The van der Waals surface area contributed by atoms with Gasteiger partial charge in [0.1, 0.15) is 0 Å². The van der Waals surface area contributed by atoms with Gasteiger partial charge in [-0.25, -0.2) is 4.79 Å². The van der Waals surface area contributed by atoms with Gasteiger partial charge in [0.15, 0.2) is 5.82 Å². The summed E-state index contributed by atoms with van der Waals surface area (Å²) in [4.78, 5) is 16.3. The number of hydrogen-bond acceptors (Lipinski definition) is 5. The third-order valence-electron chi connectivity index (χ3n) is 4.36. The van der Waals surface area contributed by atoms with Gasteiger partial charge >= 0.3 is 6.03 Å². The number of nitrogens with zero attached hydrogens (tertiary/aromatic N) is 3. The molecule has 2 aromatic carbocycles. The van der Waals surface area contributed by atoms with Crippen molar-refractivity contribution in [3.8, 4) is 11.1 Å². The Balaban J connectivity index is 1.57. The minimum absolute atomic E-state index is 0.222. The van der Waals surface area contributed by atoms with Crippen LogP contribution < -0.4 is 16.1 Å². The summed E-state index contributed by atoms with van der Waals surface area (Å²) < 4.78 is 0. The predicted molar refractivity (Wildman–Crippen MR) is 110 cm³/mol. The number of urea groups is 1. The van der Waals surface area contributed by atoms with Crippen LogP contribution in [0.1, 0.15) is 5.69 Å². The van der Waals surface area contributed by atoms with Crippen LogP contribution in [0.25, 0.3) is 22.0 Å². The molecule has 0 saturated heterocycles. The fourth-order valence-corrected chi connectivity index (χ4v) is 3.03. The van der Waals surface area contributed by atoms with Crippen molar-refractivity contribution < 1.29 is 4.79 Å². The molecule has 2 heterocycles. The van der Waals surface area contributed by atoms with Gasteiger partial charge in [0.2, 0.25) is 0 Å². The van der Waals surface area contributed by atoms with Gasteiger partial charge in [-0.1, -0.05) is 24.3 Å². The molecular formula is C20H17N6O2-. The normalized spacial score (nSPS) is 10.8. The van der Waals surface area contributed by atoms with Gasteiger partial charge in [0.25, 0.3) is 0 Å². The van der Waals surface area contributed by atoms with E-state index in [1.165, 1.54) is 0 Å². The fourth-order valence-electron chi connectivity index (χ4n) is 3.03. The number of carbonyl (C=O) groups is 1. The maximum absolute atomic E-state index is 12.4. The summed E-state index contributed by atoms with van der Waals surface area (Å²) >= 11 is 0. The van der Waals surface area contributed by atoms with Crippen molar-refractivity contribution >= 4 is 34.1 Å². The Bertz CT molecular complexity index is 1150. The van der Waals surface area contributed by atoms with Gasteiger partial charge in [-0.05, 0) is 48.4 Å². The number of carbonyl (C=O) groups excluding carboxylic acids is 1. The Morgan fingerprint density at radius 3 is 2.71 bits per heavy atom. The van der Waals surface area contributed by atoms with Crippen molar-refractivity contribution in [1.29, 1.82) is 0 Å². The number of nitrogens with one attached hydrogen (secondary N) is 2. The van der Waals surface area contributed by atoms with E-state index in [0.29, 0.717) is 16.6 Å². The largest absolute Gasteiger partial charge is 0.750 e. The van der Waals surface area contributed by atoms with Gasteiger partial charge in [-0.15, -0.1) is 0 Å². The average molecular weight is 373 g/mol. The second kappa shape index (κ2) is 7.01. The number of anilines is 3. The number of aryl methyl sites for hydroxylation is 1. The van der Waals surface area contributed by atoms with Gasteiger partial charge < -0.3 is 21.3 Å². The minimum Gasteiger partial charge on any atom is -0.750 e. The number of H-pyrrole nitrogens is 1. The van der Waals surface area contributed by atoms with Crippen molar-refractivity contribution in [2.45, 2.75) is 6.92 Å². The summed E-state index contributed by atoms with van der Waals surface area (Å²) in [6, 6.07) is 15.0. The van der Waals surface area contributed by atoms with E-state index >= 15 is 0 Å². The molecule has 4 rings (SSSR count). The lowest BCUT2D eigenvalue weighted by atomic mass is 10.0. The van der Waals surface area contributed by atoms with Crippen molar-refractivity contribution in [2.75, 3.05) is 16.1 Å². The van der Waals surface area contributed by atoms with E-state index in [4.69, 9.17) is 5.73 Å². The van der Waals surface area contributed by atoms with Gasteiger partial charge in [-0.2, -0.15) is 5.10 Å². The van der Waals surface area contributed by atoms with Gasteiger partial charge in [0.05, 0.1) is 10.9 Å². The van der Waals surface area contributed by atoms with Crippen molar-refractivity contribution in [1.82, 2.24) is 15.2 Å². The van der Waals surface area contributed by atoms with Crippen LogP contribution in [-0.4, -0.2) is 21.2 Å². The number of rotatable bonds is 3. The molecule has 140 valence electrons. The predicted octanol–water partition coefficient (Wildman–Crippen LogP) is 4.05. The second-order valence-electron chi connectivity index (χ2n) is 6.29. The lowest BCUT2D eigenvalue weighted by molar-refractivity contribution is 0.258. The summed E-state index contributed by atoms with van der Waals surface area (Å²) in [6.45, 7) is 1.80. The quantitative estimate of drug-likeness (QED) is 0.467. The molecule has 0 fully saturated rings. The molecule has 0 bridgehead atoms. The zero-order chi connectivity index (χ0) is 19.7. The van der Waals surface area contributed by atoms with Crippen LogP contribution in [0.3, 0.4) is 0 Å². The number of aromatic amines is 1. The molecule has 0 aliphatic rings. The lowest BCUT2D eigenvalue weighted by Gasteiger charge is -2.28. The first-order chi connectivity index (χ1) is 13.5. The molecule has 0 unspecified atom stereocenters. The number of hydroxylamine groups is 1. The number of nitrogen functional groups attached to an aromatic ring is 1. The standard InChI is InChI=1S/C20H17N6O2/c1-12-11-14(9-10-22-12)23-20(27)26(28)15-7-5-13(6-8-15)16-3-2-4-17-18(16)19(21)25-24-17/h2-11H,1H3,(H3,21,24,25)(H,22,23,27)/q-1. The van der Waals surface area contributed by atoms with Crippen LogP contribution in [0.15, 0.2) is 60.8 Å². The summed E-state index contributed by atoms with van der Waals surface area (Å²) in [6.07, 6.45) is 1.57. The maximum atomic E-state index is 12.4. The molecule has 0 aliphatic heterocycles. The number of fused-ring (bicyclic) bond motifs is 1. The average Bonchev–Trinajstić information content (AvgIpc) is 3.09. The summed E-state index contributed by atoms with van der Waals surface area (Å²) in [5.74, 6) is 0.409. The third kappa shape index (κ3) is 3.24. The minimum atomic E-state index is -0.778. The summed E-state index contributed by atoms with van der Waals surface area (Å²) in [5, 5.41) is 23.0. The molecule has 2 aromatic heterocycles. The third-order valence-corrected chi connectivity index (χ3v) is 4.36. The first kappa shape index (κ1) is 17.5. The summed E-state index contributed by atoms with van der Waals surface area (Å²) in [5.41, 5.74) is 10.0. The van der Waals surface area contributed by atoms with Crippen LogP contribution in [-0.2, 0) is 0 Å². The molecule has 8 nitrogen and oxygen atoms in total. The highest BCUT2D eigenvalue weighted by Crippen LogP contribution is 2.32. The highest BCUT2D eigenvalue weighted by molar-refractivity contribution is 6.03. The Morgan fingerprint density at radius 2 is 1.96 bits per heavy atom. The smallest absolute Gasteiger partial charge is 0.315 e. The van der Waals surface area contributed by atoms with Crippen molar-refractivity contribution in [2.24, 2.45) is 0 Å². The van der Waals surface area contributed by atoms with E-state index in [2.05, 4.69) is 20.5 Å². The first-order valence-corrected chi connectivity index (χ1v) is 8.57. The van der Waals surface area contributed by atoms with Crippen molar-refractivity contribution in [3.05, 3.63) is 71.7 Å². The number of pyridine rings is 1. The molecule has 0 spiro atoms. The maximum Gasteiger partial charge on any atom is 0.315 e. The van der Waals surface area contributed by atoms with Crippen LogP contribution >= 0.6 is 0 Å². The molecule has 4 N–H and O–H groups in total.